The van der Waals surface area contributed by atoms with Crippen molar-refractivity contribution in [3.63, 3.8) is 0 Å². The minimum absolute atomic E-state index is 0.0134. The minimum atomic E-state index is -4.58. The Kier molecular flexibility index (Phi) is 9.99. The monoisotopic (exact) mass is 535 g/mol. The van der Waals surface area contributed by atoms with Crippen LogP contribution in [0.5, 0.6) is 0 Å². The van der Waals surface area contributed by atoms with Gasteiger partial charge in [0.1, 0.15) is 0 Å². The molecule has 201 valence electrons. The van der Waals surface area contributed by atoms with E-state index in [4.69, 9.17) is 14.2 Å². The summed E-state index contributed by atoms with van der Waals surface area (Å²) < 4.78 is 58.0. The maximum absolute atomic E-state index is 13.8. The quantitative estimate of drug-likeness (QED) is 0.146. The summed E-state index contributed by atoms with van der Waals surface area (Å²) in [5, 5.41) is 0. The molecule has 0 unspecified atom stereocenters. The highest BCUT2D eigenvalue weighted by molar-refractivity contribution is 5.87. The van der Waals surface area contributed by atoms with Gasteiger partial charge in [0.2, 0.25) is 6.73 Å². The predicted octanol–water partition coefficient (Wildman–Crippen LogP) is 6.94. The van der Waals surface area contributed by atoms with Crippen LogP contribution in [-0.4, -0.2) is 18.9 Å². The maximum atomic E-state index is 13.8. The van der Waals surface area contributed by atoms with Crippen molar-refractivity contribution in [3.8, 4) is 0 Å². The van der Waals surface area contributed by atoms with E-state index in [1.807, 2.05) is 91.0 Å². The van der Waals surface area contributed by atoms with E-state index in [2.05, 4.69) is 0 Å². The van der Waals surface area contributed by atoms with Crippen LogP contribution in [0.15, 0.2) is 115 Å². The second-order valence-corrected chi connectivity index (χ2v) is 8.70. The van der Waals surface area contributed by atoms with Crippen LogP contribution in [0, 0.1) is 0 Å². The van der Waals surface area contributed by atoms with Gasteiger partial charge in [0, 0.05) is 12.1 Å². The zero-order valence-electron chi connectivity index (χ0n) is 21.1. The van der Waals surface area contributed by atoms with Crippen molar-refractivity contribution in [3.05, 3.63) is 138 Å². The summed E-state index contributed by atoms with van der Waals surface area (Å²) >= 11 is 0. The number of alkyl halides is 3. The molecule has 5 nitrogen and oxygen atoms in total. The Morgan fingerprint density at radius 2 is 1.15 bits per heavy atom. The normalized spacial score (nSPS) is 11.7. The molecule has 1 amide bonds. The molecule has 4 aromatic carbocycles. The van der Waals surface area contributed by atoms with Crippen LogP contribution < -0.4 is 4.90 Å². The first-order valence-electron chi connectivity index (χ1n) is 12.3. The molecule has 0 heterocycles. The highest BCUT2D eigenvalue weighted by atomic mass is 19.4. The Hall–Kier alpha value is -3.82. The summed E-state index contributed by atoms with van der Waals surface area (Å²) in [5.74, 6) is -0.686. The molecule has 4 aromatic rings. The molecular weight excluding hydrogens is 507 g/mol. The zero-order chi connectivity index (χ0) is 27.5. The zero-order valence-corrected chi connectivity index (χ0v) is 21.1. The number of rotatable bonds is 12. The fourth-order valence-electron chi connectivity index (χ4n) is 3.75. The van der Waals surface area contributed by atoms with Gasteiger partial charge in [-0.15, -0.1) is 0 Å². The van der Waals surface area contributed by atoms with Crippen molar-refractivity contribution in [2.75, 3.05) is 6.73 Å². The van der Waals surface area contributed by atoms with Crippen LogP contribution in [-0.2, 0) is 45.0 Å². The van der Waals surface area contributed by atoms with E-state index in [0.717, 1.165) is 33.7 Å². The third-order valence-corrected chi connectivity index (χ3v) is 5.77. The van der Waals surface area contributed by atoms with Crippen LogP contribution in [0.4, 0.5) is 18.9 Å². The van der Waals surface area contributed by atoms with Crippen molar-refractivity contribution >= 4 is 11.6 Å². The van der Waals surface area contributed by atoms with Gasteiger partial charge in [-0.2, -0.15) is 13.2 Å². The van der Waals surface area contributed by atoms with Gasteiger partial charge in [-0.1, -0.05) is 97.1 Å². The average Bonchev–Trinajstić information content (AvgIpc) is 2.96. The molecule has 0 spiro atoms. The molecule has 0 aromatic heterocycles. The first kappa shape index (κ1) is 28.2. The second kappa shape index (κ2) is 13.8. The van der Waals surface area contributed by atoms with Gasteiger partial charge in [0.25, 0.3) is 6.29 Å². The van der Waals surface area contributed by atoms with E-state index in [9.17, 15) is 18.0 Å². The van der Waals surface area contributed by atoms with Crippen LogP contribution in [0.1, 0.15) is 22.3 Å². The summed E-state index contributed by atoms with van der Waals surface area (Å²) in [7, 11) is 0. The first-order valence-corrected chi connectivity index (χ1v) is 12.3. The molecule has 0 bridgehead atoms. The van der Waals surface area contributed by atoms with Gasteiger partial charge in [0.15, 0.2) is 5.69 Å². The van der Waals surface area contributed by atoms with Crippen molar-refractivity contribution in [2.24, 2.45) is 0 Å². The number of benzene rings is 4. The highest BCUT2D eigenvalue weighted by Gasteiger charge is 2.40. The third-order valence-electron chi connectivity index (χ3n) is 5.77. The molecule has 0 aliphatic heterocycles. The van der Waals surface area contributed by atoms with Crippen LogP contribution in [0.2, 0.25) is 0 Å². The number of ether oxygens (including phenoxy) is 3. The van der Waals surface area contributed by atoms with E-state index in [1.54, 1.807) is 0 Å². The Labute approximate surface area is 225 Å². The Morgan fingerprint density at radius 1 is 0.667 bits per heavy atom. The molecule has 0 aliphatic carbocycles. The fraction of sp³-hybridized carbons (Fsp3) is 0.194. The second-order valence-electron chi connectivity index (χ2n) is 8.70. The van der Waals surface area contributed by atoms with E-state index in [1.165, 1.54) is 12.1 Å². The van der Waals surface area contributed by atoms with Crippen molar-refractivity contribution < 1.29 is 32.2 Å². The predicted molar refractivity (Wildman–Crippen MR) is 141 cm³/mol. The molecule has 0 N–H and O–H groups in total. The highest BCUT2D eigenvalue weighted by Crippen LogP contribution is 2.32. The largest absolute Gasteiger partial charge is 0.425 e. The molecule has 0 atom stereocenters. The number of anilines is 1. The average molecular weight is 536 g/mol. The van der Waals surface area contributed by atoms with Gasteiger partial charge >= 0.3 is 12.1 Å². The van der Waals surface area contributed by atoms with Crippen LogP contribution in [0.3, 0.4) is 0 Å². The van der Waals surface area contributed by atoms with E-state index < -0.39 is 23.9 Å². The lowest BCUT2D eigenvalue weighted by Gasteiger charge is -2.19. The molecule has 0 saturated carbocycles. The lowest BCUT2D eigenvalue weighted by atomic mass is 10.2. The van der Waals surface area contributed by atoms with Crippen molar-refractivity contribution in [1.82, 2.24) is 4.90 Å². The molecule has 0 saturated heterocycles. The standard InChI is InChI=1S/C31H28F3NO4/c32-31(33,34)27-17-10-18-28(19-27)35(23-37-20-24-11-4-1-5-12-24)29(36)30(38-21-25-13-6-2-7-14-25)39-22-26-15-8-3-9-16-26/h1-19,30H,20-23H2/q+1. The van der Waals surface area contributed by atoms with Crippen molar-refractivity contribution in [2.45, 2.75) is 32.3 Å². The summed E-state index contributed by atoms with van der Waals surface area (Å²) in [6.07, 6.45) is -5.98. The van der Waals surface area contributed by atoms with Gasteiger partial charge in [-0.25, -0.2) is 4.79 Å². The SMILES string of the molecule is O=C(C(OCc1ccccc1)OCc1ccccc1)[N+](COCc1ccccc1)c1cccc(C(F)(F)F)c1. The van der Waals surface area contributed by atoms with Crippen LogP contribution in [0.25, 0.3) is 0 Å². The van der Waals surface area contributed by atoms with E-state index in [0.29, 0.717) is 0 Å². The first-order chi connectivity index (χ1) is 18.9. The topological polar surface area (TPSA) is 50.7 Å². The van der Waals surface area contributed by atoms with E-state index >= 15 is 0 Å². The third kappa shape index (κ3) is 8.59. The number of nitrogens with zero attached hydrogens (tertiary/aromatic N) is 1. The molecule has 0 fully saturated rings. The number of halogens is 3. The lowest BCUT2D eigenvalue weighted by molar-refractivity contribution is -0.184. The van der Waals surface area contributed by atoms with Gasteiger partial charge < -0.3 is 14.2 Å². The molecule has 0 aliphatic rings. The number of amides is 1. The van der Waals surface area contributed by atoms with Gasteiger partial charge in [-0.05, 0) is 27.7 Å². The fourth-order valence-corrected chi connectivity index (χ4v) is 3.75. The smallest absolute Gasteiger partial charge is 0.336 e. The number of hydrogen-bond acceptors (Lipinski definition) is 4. The Morgan fingerprint density at radius 3 is 1.64 bits per heavy atom. The van der Waals surface area contributed by atoms with Gasteiger partial charge in [-0.3, -0.25) is 0 Å². The van der Waals surface area contributed by atoms with Gasteiger partial charge in [0.05, 0.1) is 25.4 Å². The molecule has 8 heteroatoms. The number of carbonyl (C=O) groups excluding carboxylic acids is 1. The summed E-state index contributed by atoms with van der Waals surface area (Å²) in [6.45, 7) is -0.0282. The number of carbonyl (C=O) groups is 1. The van der Waals surface area contributed by atoms with Crippen LogP contribution >= 0.6 is 0 Å². The molecular formula is C31H28F3NO4+. The lowest BCUT2D eigenvalue weighted by Crippen LogP contribution is -2.44. The summed E-state index contributed by atoms with van der Waals surface area (Å²) in [6, 6.07) is 32.2. The minimum Gasteiger partial charge on any atom is -0.336 e. The van der Waals surface area contributed by atoms with Crippen molar-refractivity contribution in [1.29, 1.82) is 0 Å². The Bertz CT molecular complexity index is 1260. The summed E-state index contributed by atoms with van der Waals surface area (Å²) in [4.78, 5) is 14.9. The van der Waals surface area contributed by atoms with E-state index in [-0.39, 0.29) is 32.2 Å². The summed E-state index contributed by atoms with van der Waals surface area (Å²) in [5.41, 5.74) is 1.60. The molecule has 39 heavy (non-hydrogen) atoms. The molecule has 1 radical (unpaired) electrons. The molecule has 4 rings (SSSR count). The Balaban J connectivity index is 1.58. The maximum Gasteiger partial charge on any atom is 0.425 e. The number of hydrogen-bond donors (Lipinski definition) is 0.